The lowest BCUT2D eigenvalue weighted by molar-refractivity contribution is 0.00690. The molecule has 4 nitrogen and oxygen atoms in total. The van der Waals surface area contributed by atoms with Crippen molar-refractivity contribution in [3.63, 3.8) is 0 Å². The third-order valence-corrected chi connectivity index (χ3v) is 7.49. The summed E-state index contributed by atoms with van der Waals surface area (Å²) in [5.41, 5.74) is 2.52. The van der Waals surface area contributed by atoms with Crippen LogP contribution in [0.3, 0.4) is 0 Å². The van der Waals surface area contributed by atoms with Gasteiger partial charge < -0.3 is 14.7 Å². The summed E-state index contributed by atoms with van der Waals surface area (Å²) in [5.74, 6) is 0.168. The minimum atomic E-state index is -1.19. The van der Waals surface area contributed by atoms with Crippen LogP contribution in [-0.2, 0) is 5.60 Å². The van der Waals surface area contributed by atoms with Crippen molar-refractivity contribution in [2.45, 2.75) is 30.8 Å². The predicted octanol–water partition coefficient (Wildman–Crippen LogP) is 7.15. The van der Waals surface area contributed by atoms with E-state index in [0.717, 1.165) is 57.8 Å². The van der Waals surface area contributed by atoms with Gasteiger partial charge in [0, 0.05) is 16.9 Å². The number of benzene rings is 4. The number of nitrogens with zero attached hydrogens (tertiary/aromatic N) is 2. The number of unbranched alkanes of at least 4 members (excludes halogenated alkanes) is 1. The molecule has 0 aliphatic heterocycles. The molecule has 0 aliphatic rings. The largest absolute Gasteiger partial charge is 0.481 e. The number of hydrogen-bond donors (Lipinski definition) is 1. The number of pyridine rings is 1. The van der Waals surface area contributed by atoms with Crippen molar-refractivity contribution in [1.82, 2.24) is 9.88 Å². The van der Waals surface area contributed by atoms with Crippen molar-refractivity contribution >= 4 is 21.7 Å². The second kappa shape index (κ2) is 11.3. The van der Waals surface area contributed by atoms with Gasteiger partial charge in [0.15, 0.2) is 0 Å². The van der Waals surface area contributed by atoms with Crippen molar-refractivity contribution in [3.8, 4) is 5.88 Å². The van der Waals surface area contributed by atoms with E-state index < -0.39 is 5.60 Å². The molecule has 5 rings (SSSR count). The van der Waals surface area contributed by atoms with E-state index in [2.05, 4.69) is 73.6 Å². The summed E-state index contributed by atoms with van der Waals surface area (Å²) in [6.07, 6.45) is 2.49. The summed E-state index contributed by atoms with van der Waals surface area (Å²) < 4.78 is 5.89. The molecule has 4 heteroatoms. The molecular formula is C34H36N2O2. The van der Waals surface area contributed by atoms with E-state index in [4.69, 9.17) is 9.72 Å². The SMILES string of the molecule is COc1nc2ccccc2cc1C(c1ccccc1)C(O)(CCCCN(C)C)c1ccc2ccccc2c1. The Bertz CT molecular complexity index is 1520. The molecule has 38 heavy (non-hydrogen) atoms. The number of hydrogen-bond acceptors (Lipinski definition) is 4. The smallest absolute Gasteiger partial charge is 0.217 e. The van der Waals surface area contributed by atoms with E-state index in [1.165, 1.54) is 0 Å². The minimum Gasteiger partial charge on any atom is -0.481 e. The molecule has 1 N–H and O–H groups in total. The van der Waals surface area contributed by atoms with Crippen LogP contribution in [0.5, 0.6) is 5.88 Å². The average Bonchev–Trinajstić information content (AvgIpc) is 2.95. The Morgan fingerprint density at radius 1 is 0.789 bits per heavy atom. The molecule has 4 aromatic carbocycles. The number of fused-ring (bicyclic) bond motifs is 2. The topological polar surface area (TPSA) is 45.6 Å². The zero-order chi connectivity index (χ0) is 26.5. The van der Waals surface area contributed by atoms with E-state index >= 15 is 0 Å². The summed E-state index contributed by atoms with van der Waals surface area (Å²) in [4.78, 5) is 7.07. The Hall–Kier alpha value is -3.73. The maximum absolute atomic E-state index is 13.0. The van der Waals surface area contributed by atoms with E-state index in [1.54, 1.807) is 7.11 Å². The number of para-hydroxylation sites is 1. The Morgan fingerprint density at radius 2 is 1.47 bits per heavy atom. The lowest BCUT2D eigenvalue weighted by Crippen LogP contribution is -2.35. The zero-order valence-electron chi connectivity index (χ0n) is 22.5. The fourth-order valence-corrected chi connectivity index (χ4v) is 5.58. The number of aromatic nitrogens is 1. The number of rotatable bonds is 10. The first-order valence-corrected chi connectivity index (χ1v) is 13.3. The highest BCUT2D eigenvalue weighted by molar-refractivity contribution is 5.83. The first-order chi connectivity index (χ1) is 18.5. The van der Waals surface area contributed by atoms with Gasteiger partial charge in [0.1, 0.15) is 5.60 Å². The predicted molar refractivity (Wildman–Crippen MR) is 157 cm³/mol. The van der Waals surface area contributed by atoms with Gasteiger partial charge in [0.25, 0.3) is 0 Å². The molecule has 2 unspecified atom stereocenters. The van der Waals surface area contributed by atoms with Crippen molar-refractivity contribution in [2.75, 3.05) is 27.7 Å². The Labute approximate surface area is 225 Å². The Balaban J connectivity index is 1.73. The number of aliphatic hydroxyl groups is 1. The maximum Gasteiger partial charge on any atom is 0.217 e. The Morgan fingerprint density at radius 3 is 2.21 bits per heavy atom. The van der Waals surface area contributed by atoms with E-state index in [0.29, 0.717) is 12.3 Å². The summed E-state index contributed by atoms with van der Waals surface area (Å²) in [7, 11) is 5.84. The van der Waals surface area contributed by atoms with E-state index in [9.17, 15) is 5.11 Å². The van der Waals surface area contributed by atoms with Gasteiger partial charge in [0.2, 0.25) is 5.88 Å². The van der Waals surface area contributed by atoms with Gasteiger partial charge in [-0.05, 0) is 80.0 Å². The molecule has 0 fully saturated rings. The zero-order valence-corrected chi connectivity index (χ0v) is 22.5. The third-order valence-electron chi connectivity index (χ3n) is 7.49. The summed E-state index contributed by atoms with van der Waals surface area (Å²) in [6, 6.07) is 35.2. The van der Waals surface area contributed by atoms with Gasteiger partial charge in [-0.3, -0.25) is 0 Å². The standard InChI is InChI=1S/C34H36N2O2/c1-36(2)22-12-11-21-34(37,29-20-19-25-13-7-8-16-27(25)23-29)32(26-14-5-4-6-15-26)30-24-28-17-9-10-18-31(28)35-33(30)38-3/h4-10,13-20,23-24,32,37H,11-12,21-22H2,1-3H3. The van der Waals surface area contributed by atoms with Crippen LogP contribution < -0.4 is 4.74 Å². The molecule has 194 valence electrons. The molecule has 0 saturated heterocycles. The first-order valence-electron chi connectivity index (χ1n) is 13.3. The fraction of sp³-hybridized carbons (Fsp3) is 0.265. The van der Waals surface area contributed by atoms with Crippen LogP contribution >= 0.6 is 0 Å². The van der Waals surface area contributed by atoms with Crippen LogP contribution in [0.1, 0.15) is 41.9 Å². The molecule has 0 amide bonds. The second-order valence-electron chi connectivity index (χ2n) is 10.4. The summed E-state index contributed by atoms with van der Waals surface area (Å²) in [6.45, 7) is 0.977. The molecule has 0 bridgehead atoms. The van der Waals surface area contributed by atoms with Gasteiger partial charge in [0.05, 0.1) is 12.6 Å². The van der Waals surface area contributed by atoms with Gasteiger partial charge in [-0.2, -0.15) is 0 Å². The van der Waals surface area contributed by atoms with Crippen molar-refractivity contribution in [3.05, 3.63) is 120 Å². The van der Waals surface area contributed by atoms with Crippen molar-refractivity contribution < 1.29 is 9.84 Å². The lowest BCUT2D eigenvalue weighted by atomic mass is 9.71. The van der Waals surface area contributed by atoms with E-state index in [-0.39, 0.29) is 5.92 Å². The monoisotopic (exact) mass is 504 g/mol. The number of methoxy groups -OCH3 is 1. The molecule has 0 saturated carbocycles. The van der Waals surface area contributed by atoms with Gasteiger partial charge in [-0.25, -0.2) is 4.98 Å². The van der Waals surface area contributed by atoms with Crippen molar-refractivity contribution in [1.29, 1.82) is 0 Å². The Kier molecular flexibility index (Phi) is 7.73. The third kappa shape index (κ3) is 5.28. The molecule has 1 heterocycles. The second-order valence-corrected chi connectivity index (χ2v) is 10.4. The molecule has 5 aromatic rings. The maximum atomic E-state index is 13.0. The van der Waals surface area contributed by atoms with Crippen LogP contribution in [0.25, 0.3) is 21.7 Å². The normalized spacial score (nSPS) is 14.0. The lowest BCUT2D eigenvalue weighted by Gasteiger charge is -2.38. The molecule has 0 spiro atoms. The summed E-state index contributed by atoms with van der Waals surface area (Å²) in [5, 5.41) is 16.3. The number of ether oxygens (including phenoxy) is 1. The highest BCUT2D eigenvalue weighted by atomic mass is 16.5. The molecule has 1 aromatic heterocycles. The molecule has 0 aliphatic carbocycles. The van der Waals surface area contributed by atoms with Crippen LogP contribution in [0.2, 0.25) is 0 Å². The quantitative estimate of drug-likeness (QED) is 0.205. The van der Waals surface area contributed by atoms with Gasteiger partial charge in [-0.15, -0.1) is 0 Å². The van der Waals surface area contributed by atoms with Crippen molar-refractivity contribution in [2.24, 2.45) is 0 Å². The molecular weight excluding hydrogens is 468 g/mol. The fourth-order valence-electron chi connectivity index (χ4n) is 5.58. The van der Waals surface area contributed by atoms with E-state index in [1.807, 2.05) is 48.5 Å². The first kappa shape index (κ1) is 25.9. The molecule has 0 radical (unpaired) electrons. The van der Waals surface area contributed by atoms with Crippen LogP contribution in [0.15, 0.2) is 103 Å². The average molecular weight is 505 g/mol. The van der Waals surface area contributed by atoms with Crippen LogP contribution in [0, 0.1) is 0 Å². The molecule has 2 atom stereocenters. The highest BCUT2D eigenvalue weighted by Crippen LogP contribution is 2.48. The van der Waals surface area contributed by atoms with Gasteiger partial charge >= 0.3 is 0 Å². The minimum absolute atomic E-state index is 0.378. The highest BCUT2D eigenvalue weighted by Gasteiger charge is 2.42. The van der Waals surface area contributed by atoms with Crippen LogP contribution in [0.4, 0.5) is 0 Å². The summed E-state index contributed by atoms with van der Waals surface area (Å²) >= 11 is 0. The van der Waals surface area contributed by atoms with Gasteiger partial charge in [-0.1, -0.05) is 84.9 Å². The van der Waals surface area contributed by atoms with Crippen LogP contribution in [-0.4, -0.2) is 42.7 Å².